The Balaban J connectivity index is 0.00000114. The molecule has 0 unspecified atom stereocenters. The molecule has 1 aliphatic rings. The van der Waals surface area contributed by atoms with Crippen molar-refractivity contribution in [3.05, 3.63) is 57.6 Å². The van der Waals surface area contributed by atoms with E-state index < -0.39 is 0 Å². The molecule has 3 rings (SSSR count). The zero-order valence-corrected chi connectivity index (χ0v) is 25.3. The van der Waals surface area contributed by atoms with Crippen molar-refractivity contribution in [3.8, 4) is 0 Å². The van der Waals surface area contributed by atoms with Crippen LogP contribution in [0.5, 0.6) is 0 Å². The first-order valence-corrected chi connectivity index (χ1v) is 17.4. The van der Waals surface area contributed by atoms with Gasteiger partial charge in [0.05, 0.1) is 35.1 Å². The maximum atomic E-state index is 4.87. The zero-order chi connectivity index (χ0) is 24.0. The molecule has 1 heterocycles. The molecule has 2 aromatic rings. The molecule has 2 aromatic carbocycles. The zero-order valence-electron chi connectivity index (χ0n) is 19.9. The van der Waals surface area contributed by atoms with E-state index in [9.17, 15) is 0 Å². The molecular weight excluding hydrogens is 666 g/mol. The van der Waals surface area contributed by atoms with Crippen molar-refractivity contribution in [2.45, 2.75) is 55.4 Å². The molecule has 1 aliphatic heterocycles. The fourth-order valence-corrected chi connectivity index (χ4v) is 3.89. The molecule has 0 spiro atoms. The van der Waals surface area contributed by atoms with Gasteiger partial charge in [-0.1, -0.05) is 35.4 Å². The minimum atomic E-state index is 0.549. The molecule has 7 heteroatoms. The number of aryl methyl sites for hydroxylation is 6. The summed E-state index contributed by atoms with van der Waals surface area (Å²) in [5.41, 5.74) is 11.9. The topological polar surface area (TPSA) is 49.4 Å². The second kappa shape index (κ2) is 12.5. The van der Waals surface area contributed by atoms with Crippen molar-refractivity contribution >= 4 is 75.0 Å². The second-order valence-electron chi connectivity index (χ2n) is 8.14. The van der Waals surface area contributed by atoms with E-state index in [2.05, 4.69) is 111 Å². The average Bonchev–Trinajstić information content (AvgIpc) is 3.18. The van der Waals surface area contributed by atoms with Crippen LogP contribution in [0.25, 0.3) is 0 Å². The fourth-order valence-electron chi connectivity index (χ4n) is 3.89. The molecule has 0 aromatic heterocycles. The summed E-state index contributed by atoms with van der Waals surface area (Å²) < 4.78 is 0. The summed E-state index contributed by atoms with van der Waals surface area (Å²) in [7, 11) is 1.19. The van der Waals surface area contributed by atoms with Gasteiger partial charge in [0, 0.05) is 0 Å². The summed E-state index contributed by atoms with van der Waals surface area (Å²) in [6, 6.07) is 8.65. The molecule has 0 radical (unpaired) electrons. The van der Waals surface area contributed by atoms with Crippen LogP contribution < -0.4 is 0 Å². The van der Waals surface area contributed by atoms with Gasteiger partial charge in [-0.15, -0.1) is 0 Å². The summed E-state index contributed by atoms with van der Waals surface area (Å²) in [5.74, 6) is 0.700. The van der Waals surface area contributed by atoms with Crippen LogP contribution in [0.2, 0.25) is 0 Å². The molecule has 0 fully saturated rings. The molecule has 0 amide bonds. The van der Waals surface area contributed by atoms with Crippen LogP contribution in [-0.2, 0) is 8.46 Å². The Hall–Kier alpha value is -0.901. The van der Waals surface area contributed by atoms with E-state index in [1.165, 1.54) is 41.8 Å². The first-order valence-electron chi connectivity index (χ1n) is 10.3. The van der Waals surface area contributed by atoms with Gasteiger partial charge in [0.25, 0.3) is 0 Å². The van der Waals surface area contributed by atoms with E-state index in [1.807, 2.05) is 13.8 Å². The van der Waals surface area contributed by atoms with Gasteiger partial charge < -0.3 is 0 Å². The molecule has 0 saturated carbocycles. The molecule has 172 valence electrons. The Morgan fingerprint density at radius 1 is 0.750 bits per heavy atom. The Bertz CT molecular complexity index is 1080. The molecule has 0 aliphatic carbocycles. The normalized spacial score (nSPS) is 14.2. The van der Waals surface area contributed by atoms with Gasteiger partial charge in [-0.2, -0.15) is 0 Å². The number of rotatable bonds is 4. The molecule has 32 heavy (non-hydrogen) atoms. The fraction of sp³-hybridized carbons (Fsp3) is 0.360. The first kappa shape index (κ1) is 27.3. The summed E-state index contributed by atoms with van der Waals surface area (Å²) >= 11 is 4.55. The predicted molar refractivity (Wildman–Crippen MR) is 155 cm³/mol. The number of benzene rings is 2. The Kier molecular flexibility index (Phi) is 10.7. The maximum absolute atomic E-state index is 4.87. The van der Waals surface area contributed by atoms with Gasteiger partial charge in [0.2, 0.25) is 0 Å². The average molecular weight is 696 g/mol. The predicted octanol–water partition coefficient (Wildman–Crippen LogP) is 8.04. The van der Waals surface area contributed by atoms with Gasteiger partial charge in [0.15, 0.2) is 5.84 Å². The SMILES string of the molecule is CC(=Nc1c(C)cc(C)cc1C)C1=NC(C(C)=Nc2c(C)cc(C)cc2C)=NC1.[I][Fe][I]. The van der Waals surface area contributed by atoms with Crippen molar-refractivity contribution in [3.63, 3.8) is 0 Å². The number of aliphatic imine (C=N–C) groups is 4. The van der Waals surface area contributed by atoms with E-state index in [4.69, 9.17) is 15.0 Å². The minimum absolute atomic E-state index is 0.549. The van der Waals surface area contributed by atoms with E-state index in [0.29, 0.717) is 12.4 Å². The van der Waals surface area contributed by atoms with Gasteiger partial charge in [0.1, 0.15) is 0 Å². The molecule has 0 atom stereocenters. The van der Waals surface area contributed by atoms with Crippen LogP contribution in [0.3, 0.4) is 0 Å². The van der Waals surface area contributed by atoms with E-state index in [-0.39, 0.29) is 0 Å². The van der Waals surface area contributed by atoms with Crippen LogP contribution in [0.4, 0.5) is 11.4 Å². The van der Waals surface area contributed by atoms with Crippen molar-refractivity contribution in [1.29, 1.82) is 0 Å². The van der Waals surface area contributed by atoms with E-state index in [0.717, 1.165) is 28.5 Å². The monoisotopic (exact) mass is 696 g/mol. The Morgan fingerprint density at radius 2 is 1.12 bits per heavy atom. The Labute approximate surface area is 221 Å². The van der Waals surface area contributed by atoms with Gasteiger partial charge in [-0.25, -0.2) is 9.98 Å². The van der Waals surface area contributed by atoms with Crippen LogP contribution >= 0.6 is 40.7 Å². The van der Waals surface area contributed by atoms with E-state index >= 15 is 0 Å². The quantitative estimate of drug-likeness (QED) is 0.177. The summed E-state index contributed by atoms with van der Waals surface area (Å²) in [4.78, 5) is 19.1. The van der Waals surface area contributed by atoms with Gasteiger partial charge in [-0.05, 0) is 77.6 Å². The summed E-state index contributed by atoms with van der Waals surface area (Å²) in [5, 5.41) is 0. The molecule has 0 saturated heterocycles. The Morgan fingerprint density at radius 3 is 1.53 bits per heavy atom. The van der Waals surface area contributed by atoms with Crippen molar-refractivity contribution < 1.29 is 8.46 Å². The van der Waals surface area contributed by atoms with Crippen LogP contribution in [0.1, 0.15) is 47.2 Å². The second-order valence-corrected chi connectivity index (χ2v) is 17.5. The summed E-state index contributed by atoms with van der Waals surface area (Å²) in [6.07, 6.45) is 0. The van der Waals surface area contributed by atoms with Crippen molar-refractivity contribution in [1.82, 2.24) is 0 Å². The molecule has 0 N–H and O–H groups in total. The number of amidine groups is 1. The third kappa shape index (κ3) is 7.30. The molecule has 0 bridgehead atoms. The van der Waals surface area contributed by atoms with Crippen LogP contribution in [-0.4, -0.2) is 29.5 Å². The number of nitrogens with zero attached hydrogens (tertiary/aromatic N) is 4. The third-order valence-electron chi connectivity index (χ3n) is 5.19. The number of hydrogen-bond donors (Lipinski definition) is 0. The third-order valence-corrected chi connectivity index (χ3v) is 5.19. The number of halogens is 2. The van der Waals surface area contributed by atoms with Crippen LogP contribution in [0.15, 0.2) is 44.2 Å². The van der Waals surface area contributed by atoms with Gasteiger partial charge in [-0.3, -0.25) is 9.98 Å². The summed E-state index contributed by atoms with van der Waals surface area (Å²) in [6.45, 7) is 17.2. The van der Waals surface area contributed by atoms with Gasteiger partial charge >= 0.3 is 49.1 Å². The standard InChI is InChI=1S/C25H30N4.Fe.2HI/c1-14-9-16(3)23(17(4)10-14)27-20(7)22-13-26-25(29-22)21(8)28-24-18(5)11-15(2)12-19(24)6;;;/h9-12H,13H2,1-8H3;;2*1H/q;+2;;/p-2. The van der Waals surface area contributed by atoms with E-state index in [1.54, 1.807) is 0 Å². The van der Waals surface area contributed by atoms with Crippen molar-refractivity contribution in [2.24, 2.45) is 20.0 Å². The molecule has 4 nitrogen and oxygen atoms in total. The van der Waals surface area contributed by atoms with Crippen molar-refractivity contribution in [2.75, 3.05) is 6.54 Å². The number of hydrogen-bond acceptors (Lipinski definition) is 4. The first-order chi connectivity index (χ1) is 15.1. The van der Waals surface area contributed by atoms with Crippen LogP contribution in [0, 0.1) is 41.5 Å². The molecular formula is C25H30FeI2N4.